The van der Waals surface area contributed by atoms with Crippen LogP contribution in [0.4, 0.5) is 8.78 Å². The van der Waals surface area contributed by atoms with Crippen LogP contribution in [-0.2, 0) is 6.54 Å². The normalized spacial score (nSPS) is 11.9. The number of nitrogens with one attached hydrogen (secondary N) is 1. The summed E-state index contributed by atoms with van der Waals surface area (Å²) in [5.41, 5.74) is 1.53. The molecule has 0 saturated heterocycles. The zero-order valence-corrected chi connectivity index (χ0v) is 11.0. The van der Waals surface area contributed by atoms with Crippen molar-refractivity contribution >= 4 is 0 Å². The van der Waals surface area contributed by atoms with Gasteiger partial charge in [0.15, 0.2) is 0 Å². The molecule has 0 saturated carbocycles. The molecule has 2 nitrogen and oxygen atoms in total. The van der Waals surface area contributed by atoms with Crippen molar-refractivity contribution in [2.45, 2.75) is 19.5 Å². The third-order valence-corrected chi connectivity index (χ3v) is 3.16. The average Bonchev–Trinajstić information content (AvgIpc) is 2.45. The second kappa shape index (κ2) is 6.27. The Morgan fingerprint density at radius 3 is 2.65 bits per heavy atom. The molecule has 0 bridgehead atoms. The predicted molar refractivity (Wildman–Crippen MR) is 72.8 cm³/mol. The zero-order valence-electron chi connectivity index (χ0n) is 11.0. The number of benzene rings is 2. The molecule has 2 aromatic carbocycles. The van der Waals surface area contributed by atoms with Gasteiger partial charge in [-0.15, -0.1) is 0 Å². The number of nitriles is 1. The van der Waals surface area contributed by atoms with Crippen LogP contribution >= 0.6 is 0 Å². The van der Waals surface area contributed by atoms with E-state index in [-0.39, 0.29) is 17.7 Å². The molecule has 0 amide bonds. The molecule has 0 spiro atoms. The molecule has 4 heteroatoms. The van der Waals surface area contributed by atoms with Crippen molar-refractivity contribution in [3.8, 4) is 6.07 Å². The van der Waals surface area contributed by atoms with E-state index in [9.17, 15) is 8.78 Å². The molecule has 0 aromatic heterocycles. The van der Waals surface area contributed by atoms with Crippen molar-refractivity contribution < 1.29 is 8.78 Å². The first kappa shape index (κ1) is 14.2. The minimum absolute atomic E-state index is 0.231. The molecule has 0 aliphatic heterocycles. The molecule has 0 fully saturated rings. The fraction of sp³-hybridized carbons (Fsp3) is 0.188. The Balaban J connectivity index is 2.11. The predicted octanol–water partition coefficient (Wildman–Crippen LogP) is 3.69. The Labute approximate surface area is 116 Å². The molecule has 1 unspecified atom stereocenters. The van der Waals surface area contributed by atoms with Crippen LogP contribution in [0.1, 0.15) is 29.7 Å². The molecule has 0 heterocycles. The van der Waals surface area contributed by atoms with Crippen molar-refractivity contribution in [3.63, 3.8) is 0 Å². The molecule has 0 aliphatic rings. The lowest BCUT2D eigenvalue weighted by Crippen LogP contribution is -2.19. The van der Waals surface area contributed by atoms with Crippen LogP contribution in [0.3, 0.4) is 0 Å². The van der Waals surface area contributed by atoms with E-state index in [1.165, 1.54) is 24.3 Å². The van der Waals surface area contributed by atoms with Crippen LogP contribution < -0.4 is 5.32 Å². The molecule has 2 aromatic rings. The number of hydrogen-bond donors (Lipinski definition) is 1. The quantitative estimate of drug-likeness (QED) is 0.921. The van der Waals surface area contributed by atoms with E-state index >= 15 is 0 Å². The third kappa shape index (κ3) is 3.19. The van der Waals surface area contributed by atoms with Gasteiger partial charge in [-0.25, -0.2) is 8.78 Å². The van der Waals surface area contributed by atoms with E-state index in [1.54, 1.807) is 18.2 Å². The molecular weight excluding hydrogens is 258 g/mol. The lowest BCUT2D eigenvalue weighted by Gasteiger charge is -2.15. The van der Waals surface area contributed by atoms with Gasteiger partial charge in [0.25, 0.3) is 0 Å². The largest absolute Gasteiger partial charge is 0.306 e. The highest BCUT2D eigenvalue weighted by Gasteiger charge is 2.11. The van der Waals surface area contributed by atoms with Crippen LogP contribution in [-0.4, -0.2) is 0 Å². The second-order valence-electron chi connectivity index (χ2n) is 4.54. The zero-order chi connectivity index (χ0) is 14.5. The van der Waals surface area contributed by atoms with Gasteiger partial charge in [-0.1, -0.05) is 18.2 Å². The lowest BCUT2D eigenvalue weighted by molar-refractivity contribution is 0.526. The second-order valence-corrected chi connectivity index (χ2v) is 4.54. The summed E-state index contributed by atoms with van der Waals surface area (Å²) in [6, 6.07) is 12.3. The van der Waals surface area contributed by atoms with Crippen LogP contribution in [0, 0.1) is 23.0 Å². The van der Waals surface area contributed by atoms with Crippen LogP contribution in [0.5, 0.6) is 0 Å². The summed E-state index contributed by atoms with van der Waals surface area (Å²) in [6.45, 7) is 2.12. The summed E-state index contributed by atoms with van der Waals surface area (Å²) in [5, 5.41) is 12.1. The van der Waals surface area contributed by atoms with E-state index in [2.05, 4.69) is 5.32 Å². The van der Waals surface area contributed by atoms with Gasteiger partial charge in [0.2, 0.25) is 0 Å². The van der Waals surface area contributed by atoms with Gasteiger partial charge in [-0.05, 0) is 36.8 Å². The van der Waals surface area contributed by atoms with E-state index < -0.39 is 0 Å². The summed E-state index contributed by atoms with van der Waals surface area (Å²) in [4.78, 5) is 0. The Morgan fingerprint density at radius 2 is 1.95 bits per heavy atom. The minimum atomic E-state index is -0.389. The van der Waals surface area contributed by atoms with E-state index in [4.69, 9.17) is 5.26 Å². The summed E-state index contributed by atoms with van der Waals surface area (Å²) in [6.07, 6.45) is 0. The maximum atomic E-state index is 13.6. The van der Waals surface area contributed by atoms with Gasteiger partial charge in [-0.2, -0.15) is 5.26 Å². The highest BCUT2D eigenvalue weighted by Crippen LogP contribution is 2.17. The maximum absolute atomic E-state index is 13.6. The van der Waals surface area contributed by atoms with Crippen LogP contribution in [0.25, 0.3) is 0 Å². The van der Waals surface area contributed by atoms with Crippen molar-refractivity contribution in [2.75, 3.05) is 0 Å². The van der Waals surface area contributed by atoms with E-state index in [0.29, 0.717) is 23.2 Å². The summed E-state index contributed by atoms with van der Waals surface area (Å²) in [7, 11) is 0. The number of nitrogens with zero attached hydrogens (tertiary/aromatic N) is 1. The first-order chi connectivity index (χ1) is 9.61. The number of rotatable bonds is 4. The molecule has 1 N–H and O–H groups in total. The van der Waals surface area contributed by atoms with Gasteiger partial charge in [0.1, 0.15) is 11.6 Å². The SMILES string of the molecule is CC(NCc1cc(F)ccc1C#N)c1ccccc1F. The average molecular weight is 272 g/mol. The first-order valence-electron chi connectivity index (χ1n) is 6.28. The van der Waals surface area contributed by atoms with Crippen LogP contribution in [0.2, 0.25) is 0 Å². The summed E-state index contributed by atoms with van der Waals surface area (Å²) >= 11 is 0. The third-order valence-electron chi connectivity index (χ3n) is 3.16. The van der Waals surface area contributed by atoms with Crippen molar-refractivity contribution in [2.24, 2.45) is 0 Å². The van der Waals surface area contributed by atoms with Crippen molar-refractivity contribution in [3.05, 3.63) is 70.8 Å². The standard InChI is InChI=1S/C16H14F2N2/c1-11(15-4-2-3-5-16(15)18)20-10-13-8-14(17)7-6-12(13)9-19/h2-8,11,20H,10H2,1H3. The maximum Gasteiger partial charge on any atom is 0.127 e. The lowest BCUT2D eigenvalue weighted by atomic mass is 10.1. The molecule has 0 radical (unpaired) electrons. The van der Waals surface area contributed by atoms with Gasteiger partial charge < -0.3 is 5.32 Å². The van der Waals surface area contributed by atoms with E-state index in [1.807, 2.05) is 13.0 Å². The summed E-state index contributed by atoms with van der Waals surface area (Å²) < 4.78 is 26.8. The Morgan fingerprint density at radius 1 is 1.20 bits per heavy atom. The number of halogens is 2. The van der Waals surface area contributed by atoms with E-state index in [0.717, 1.165) is 0 Å². The van der Waals surface area contributed by atoms with Gasteiger partial charge in [-0.3, -0.25) is 0 Å². The van der Waals surface area contributed by atoms with Crippen molar-refractivity contribution in [1.82, 2.24) is 5.32 Å². The highest BCUT2D eigenvalue weighted by molar-refractivity contribution is 5.37. The van der Waals surface area contributed by atoms with Gasteiger partial charge >= 0.3 is 0 Å². The Hall–Kier alpha value is -2.25. The van der Waals surface area contributed by atoms with Crippen molar-refractivity contribution in [1.29, 1.82) is 5.26 Å². The Kier molecular flexibility index (Phi) is 4.44. The fourth-order valence-electron chi connectivity index (χ4n) is 2.02. The summed E-state index contributed by atoms with van der Waals surface area (Å²) in [5.74, 6) is -0.674. The smallest absolute Gasteiger partial charge is 0.127 e. The topological polar surface area (TPSA) is 35.8 Å². The van der Waals surface area contributed by atoms with Gasteiger partial charge in [0.05, 0.1) is 11.6 Å². The molecule has 2 rings (SSSR count). The monoisotopic (exact) mass is 272 g/mol. The molecule has 0 aliphatic carbocycles. The minimum Gasteiger partial charge on any atom is -0.306 e. The number of hydrogen-bond acceptors (Lipinski definition) is 2. The fourth-order valence-corrected chi connectivity index (χ4v) is 2.02. The first-order valence-corrected chi connectivity index (χ1v) is 6.28. The highest BCUT2D eigenvalue weighted by atomic mass is 19.1. The Bertz CT molecular complexity index is 647. The molecule has 1 atom stereocenters. The van der Waals surface area contributed by atoms with Crippen LogP contribution in [0.15, 0.2) is 42.5 Å². The molecule has 102 valence electrons. The molecule has 20 heavy (non-hydrogen) atoms. The van der Waals surface area contributed by atoms with Gasteiger partial charge in [0, 0.05) is 18.2 Å². The molecular formula is C16H14F2N2.